The van der Waals surface area contributed by atoms with E-state index >= 15 is 0 Å². The van der Waals surface area contributed by atoms with Crippen LogP contribution in [-0.2, 0) is 66.1 Å². The third-order valence-corrected chi connectivity index (χ3v) is 27.8. The molecule has 0 radical (unpaired) electrons. The highest BCUT2D eigenvalue weighted by Crippen LogP contribution is 2.45. The SMILES string of the molecule is CC(C)CCC[C@@H](C)CCC[C@@H](C)CCC[C@@H](C)CCOC[C@@H](CO[C@H]1O[C@H](COP(=O)(O)OC[C@H](COCC[C@H](C)CCC[C@H](C)CCC[C@H](C)CCCC(C)C)OCC[C@H](C)CCC[C@H](C)CCC[C@H](C)CCCC(C)C)[C@@H](O)C(O)C1O[C@@H]1O[C@H](CO)[C@@H](O)C(O)C1OS(=O)(=O)O)OCC[C@H](C)CCC[C@H](C)CCC[C@H](C)CCCC(C)C. The van der Waals surface area contributed by atoms with Crippen molar-refractivity contribution in [2.45, 2.75) is 469 Å². The Balaban J connectivity index is 2.37. The maximum Gasteiger partial charge on any atom is 0.472 e. The molecule has 121 heavy (non-hydrogen) atoms. The Morgan fingerprint density at radius 3 is 0.884 bits per heavy atom. The van der Waals surface area contributed by atoms with Gasteiger partial charge in [0.15, 0.2) is 18.7 Å². The number of aliphatic hydroxyl groups excluding tert-OH is 5. The fourth-order valence-corrected chi connectivity index (χ4v) is 18.6. The van der Waals surface area contributed by atoms with Crippen LogP contribution in [0.2, 0.25) is 0 Å². The van der Waals surface area contributed by atoms with Crippen LogP contribution < -0.4 is 0 Å². The Morgan fingerprint density at radius 2 is 0.587 bits per heavy atom. The van der Waals surface area contributed by atoms with Gasteiger partial charge in [0, 0.05) is 26.4 Å². The van der Waals surface area contributed by atoms with E-state index in [2.05, 4.69) is 138 Å². The van der Waals surface area contributed by atoms with E-state index < -0.39 is 105 Å². The molecular formula is C98H195O21PS. The lowest BCUT2D eigenvalue weighted by Crippen LogP contribution is -2.65. The van der Waals surface area contributed by atoms with Gasteiger partial charge in [-0.3, -0.25) is 13.6 Å². The van der Waals surface area contributed by atoms with Gasteiger partial charge in [0.1, 0.15) is 54.9 Å². The molecule has 0 bridgehead atoms. The molecule has 2 heterocycles. The molecule has 0 spiro atoms. The highest BCUT2D eigenvalue weighted by molar-refractivity contribution is 7.80. The van der Waals surface area contributed by atoms with Gasteiger partial charge in [-0.1, -0.05) is 370 Å². The predicted octanol–water partition coefficient (Wildman–Crippen LogP) is 23.3. The summed E-state index contributed by atoms with van der Waals surface area (Å²) in [7, 11) is -10.4. The molecular weight excluding hydrogens is 1580 g/mol. The van der Waals surface area contributed by atoms with Crippen molar-refractivity contribution in [3.63, 3.8) is 0 Å². The van der Waals surface area contributed by atoms with E-state index in [-0.39, 0.29) is 26.4 Å². The van der Waals surface area contributed by atoms with Gasteiger partial charge < -0.3 is 68.3 Å². The van der Waals surface area contributed by atoms with Crippen molar-refractivity contribution in [2.24, 2.45) is 94.7 Å². The first-order valence-corrected chi connectivity index (χ1v) is 52.7. The van der Waals surface area contributed by atoms with Crippen LogP contribution in [0, 0.1) is 94.7 Å². The molecule has 2 aliphatic rings. The molecule has 0 aliphatic carbocycles. The van der Waals surface area contributed by atoms with Crippen LogP contribution in [0.15, 0.2) is 0 Å². The molecule has 7 N–H and O–H groups in total. The van der Waals surface area contributed by atoms with Gasteiger partial charge in [-0.05, 0) is 120 Å². The summed E-state index contributed by atoms with van der Waals surface area (Å²) in [5.74, 6) is 10.3. The second kappa shape index (κ2) is 68.5. The first-order valence-electron chi connectivity index (χ1n) is 49.8. The smallest absolute Gasteiger partial charge is 0.394 e. The minimum atomic E-state index is -5.38. The van der Waals surface area contributed by atoms with Gasteiger partial charge in [0.2, 0.25) is 0 Å². The molecule has 2 rings (SSSR count). The number of hydrogen-bond donors (Lipinski definition) is 7. The lowest BCUT2D eigenvalue weighted by atomic mass is 9.91. The van der Waals surface area contributed by atoms with Crippen molar-refractivity contribution >= 4 is 18.2 Å². The maximum absolute atomic E-state index is 14.1. The van der Waals surface area contributed by atoms with E-state index in [1.165, 1.54) is 173 Å². The highest BCUT2D eigenvalue weighted by Gasteiger charge is 2.53. The van der Waals surface area contributed by atoms with Crippen LogP contribution in [0.3, 0.4) is 0 Å². The Morgan fingerprint density at radius 1 is 0.322 bits per heavy atom. The Bertz CT molecular complexity index is 2580. The zero-order valence-corrected chi connectivity index (χ0v) is 82.9. The summed E-state index contributed by atoms with van der Waals surface area (Å²) in [6.07, 6.45) is 26.9. The van der Waals surface area contributed by atoms with E-state index in [0.717, 1.165) is 131 Å². The van der Waals surface area contributed by atoms with Gasteiger partial charge in [-0.2, -0.15) is 8.42 Å². The number of phosphoric ester groups is 1. The zero-order chi connectivity index (χ0) is 90.3. The van der Waals surface area contributed by atoms with E-state index in [0.29, 0.717) is 73.8 Å². The van der Waals surface area contributed by atoms with Crippen molar-refractivity contribution in [2.75, 3.05) is 66.1 Å². The van der Waals surface area contributed by atoms with Gasteiger partial charge in [-0.25, -0.2) is 8.75 Å². The second-order valence-electron chi connectivity index (χ2n) is 41.5. The highest BCUT2D eigenvalue weighted by atomic mass is 32.3. The number of hydrogen-bond acceptors (Lipinski definition) is 19. The van der Waals surface area contributed by atoms with Crippen LogP contribution in [0.4, 0.5) is 0 Å². The molecule has 0 aromatic rings. The quantitative estimate of drug-likeness (QED) is 0.0169. The van der Waals surface area contributed by atoms with Crippen molar-refractivity contribution < 1.29 is 99.1 Å². The van der Waals surface area contributed by atoms with Crippen molar-refractivity contribution in [1.29, 1.82) is 0 Å². The number of ether oxygens (including phenoxy) is 8. The van der Waals surface area contributed by atoms with Crippen LogP contribution in [0.1, 0.15) is 395 Å². The number of rotatable bonds is 80. The largest absolute Gasteiger partial charge is 0.472 e. The number of phosphoric acid groups is 1. The summed E-state index contributed by atoms with van der Waals surface area (Å²) in [5, 5.41) is 56.3. The van der Waals surface area contributed by atoms with Crippen LogP contribution in [0.25, 0.3) is 0 Å². The minimum absolute atomic E-state index is 0.0884. The minimum Gasteiger partial charge on any atom is -0.394 e. The second-order valence-corrected chi connectivity index (χ2v) is 44.0. The summed E-state index contributed by atoms with van der Waals surface area (Å²) in [5.41, 5.74) is 0. The first kappa shape index (κ1) is 117. The number of aliphatic hydroxyl groups is 5. The topological polar surface area (TPSA) is 294 Å². The fraction of sp³-hybridized carbons (Fsp3) is 1.00. The molecule has 21 nitrogen and oxygen atoms in total. The molecule has 2 fully saturated rings. The Hall–Kier alpha value is -0.540. The summed E-state index contributed by atoms with van der Waals surface area (Å²) in [4.78, 5) is 11.5. The Kier molecular flexibility index (Phi) is 65.9. The fourth-order valence-electron chi connectivity index (χ4n) is 17.4. The van der Waals surface area contributed by atoms with Gasteiger partial charge in [0.05, 0.1) is 39.6 Å². The van der Waals surface area contributed by atoms with E-state index in [9.17, 15) is 48.0 Å². The van der Waals surface area contributed by atoms with Crippen LogP contribution >= 0.6 is 7.82 Å². The average Bonchev–Trinajstić information content (AvgIpc) is 0.778. The molecule has 0 aromatic heterocycles. The molecule has 2 aliphatic heterocycles. The third kappa shape index (κ3) is 60.2. The Labute approximate surface area is 743 Å². The molecule has 2 saturated heterocycles. The molecule has 0 amide bonds. The van der Waals surface area contributed by atoms with Crippen molar-refractivity contribution in [1.82, 2.24) is 0 Å². The maximum atomic E-state index is 14.1. The lowest BCUT2D eigenvalue weighted by molar-refractivity contribution is -0.366. The van der Waals surface area contributed by atoms with E-state index in [1.54, 1.807) is 0 Å². The summed E-state index contributed by atoms with van der Waals surface area (Å²) >= 11 is 0. The van der Waals surface area contributed by atoms with Crippen LogP contribution in [0.5, 0.6) is 0 Å². The van der Waals surface area contributed by atoms with E-state index in [4.69, 9.17) is 51.1 Å². The molecule has 0 saturated carbocycles. The summed E-state index contributed by atoms with van der Waals surface area (Å²) in [6.45, 7) is 45.9. The first-order chi connectivity index (χ1) is 57.3. The van der Waals surface area contributed by atoms with Gasteiger partial charge >= 0.3 is 18.2 Å². The lowest BCUT2D eigenvalue weighted by Gasteiger charge is -2.46. The third-order valence-electron chi connectivity index (χ3n) is 26.4. The molecule has 23 heteroatoms. The van der Waals surface area contributed by atoms with Crippen molar-refractivity contribution in [3.05, 3.63) is 0 Å². The molecule has 724 valence electrons. The monoisotopic (exact) mass is 1770 g/mol. The molecule has 25 atom stereocenters. The van der Waals surface area contributed by atoms with Crippen LogP contribution in [-0.4, -0.2) is 183 Å². The van der Waals surface area contributed by atoms with Gasteiger partial charge in [0.25, 0.3) is 0 Å². The zero-order valence-electron chi connectivity index (χ0n) is 81.2. The van der Waals surface area contributed by atoms with Crippen molar-refractivity contribution in [3.8, 4) is 0 Å². The summed E-state index contributed by atoms with van der Waals surface area (Å²) in [6, 6.07) is 0. The molecule has 0 aromatic carbocycles. The standard InChI is InChI=1S/C98H195O21PS/c1-71(2)33-21-37-75(9)41-25-45-79(13)49-29-53-83(17)57-61-109-66-87(111-63-59-85(19)55-31-51-81(15)47-27-43-77(11)39-23-35-73(5)6)68-113-97-95(118-98-96(119-121(106,107)108)94(103)91(100)89(65-99)116-98)93(102)92(101)90(117-97)70-115-120(104,105)114-69-88(112-64-60-86(20)56-32-52-82(16)48-28-44-78(12)40-24-36-74(7)8)67-110-62-58-84(18)54-30-50-80(14)46-26-42-76(10)38-22-34-72(3)4/h71-103H,21-70H2,1-20H3,(H,104,105)(H,106,107,108)/t75-,76-,77-,78-,79-,80-,81-,82-,83-,84-,85-,86-,87+,88+,89-,90-,91-,92-,93?,94?,95?,96?,97+,98+/m1/s1. The normalized spacial score (nSPS) is 24.2. The predicted molar refractivity (Wildman–Crippen MR) is 493 cm³/mol. The molecule has 5 unspecified atom stereocenters. The average molecular weight is 1770 g/mol. The van der Waals surface area contributed by atoms with Gasteiger partial charge in [-0.15, -0.1) is 0 Å². The van der Waals surface area contributed by atoms with E-state index in [1.807, 2.05) is 0 Å². The summed E-state index contributed by atoms with van der Waals surface area (Å²) < 4.78 is 115.